The van der Waals surface area contributed by atoms with E-state index in [1.54, 1.807) is 43.3 Å². The smallest absolute Gasteiger partial charge is 0.326 e. The average Bonchev–Trinajstić information content (AvgIpc) is 2.76. The molecule has 0 aliphatic rings. The Bertz CT molecular complexity index is 1210. The molecule has 2 aromatic carbocycles. The second-order valence-corrected chi connectivity index (χ2v) is 7.69. The molecule has 0 bridgehead atoms. The van der Waals surface area contributed by atoms with Crippen LogP contribution in [-0.2, 0) is 16.0 Å². The molecule has 3 aromatic rings. The number of halogens is 1. The topological polar surface area (TPSA) is 128 Å². The van der Waals surface area contributed by atoms with Gasteiger partial charge >= 0.3 is 5.97 Å². The molecule has 32 heavy (non-hydrogen) atoms. The van der Waals surface area contributed by atoms with Crippen molar-refractivity contribution in [3.63, 3.8) is 0 Å². The van der Waals surface area contributed by atoms with Crippen LogP contribution in [0, 0.1) is 0 Å². The molecule has 0 unspecified atom stereocenters. The molecule has 3 rings (SSSR count). The minimum atomic E-state index is -1.18. The third-order valence-corrected chi connectivity index (χ3v) is 5.26. The number of carbonyl (C=O) groups is 3. The number of amides is 2. The van der Waals surface area contributed by atoms with E-state index < -0.39 is 29.9 Å². The van der Waals surface area contributed by atoms with E-state index in [1.807, 2.05) is 0 Å². The number of nitrogens with one attached hydrogen (secondary N) is 3. The van der Waals surface area contributed by atoms with Crippen molar-refractivity contribution in [3.05, 3.63) is 81.1 Å². The zero-order valence-electron chi connectivity index (χ0n) is 17.2. The highest BCUT2D eigenvalue weighted by Gasteiger charge is 2.27. The van der Waals surface area contributed by atoms with Crippen molar-refractivity contribution in [1.82, 2.24) is 15.6 Å². The van der Waals surface area contributed by atoms with Gasteiger partial charge in [-0.05, 0) is 42.3 Å². The first-order valence-electron chi connectivity index (χ1n) is 9.99. The Morgan fingerprint density at radius 1 is 1.03 bits per heavy atom. The van der Waals surface area contributed by atoms with Crippen LogP contribution in [-0.4, -0.2) is 40.0 Å². The van der Waals surface area contributed by atoms with Gasteiger partial charge in [0.1, 0.15) is 12.1 Å². The lowest BCUT2D eigenvalue weighted by Gasteiger charge is -2.21. The SMILES string of the molecule is CC[C@H](NC(=O)[C@H](Cc1cc(=O)[nH]c2ccccc12)NC(=O)c1ccc(Cl)cc1)C(=O)O. The van der Waals surface area contributed by atoms with E-state index in [9.17, 15) is 24.3 Å². The molecule has 0 fully saturated rings. The fourth-order valence-electron chi connectivity index (χ4n) is 3.33. The van der Waals surface area contributed by atoms with Gasteiger partial charge in [0.2, 0.25) is 11.5 Å². The van der Waals surface area contributed by atoms with E-state index in [-0.39, 0.29) is 24.0 Å². The van der Waals surface area contributed by atoms with Gasteiger partial charge in [0, 0.05) is 34.0 Å². The van der Waals surface area contributed by atoms with E-state index in [2.05, 4.69) is 15.6 Å². The molecule has 0 radical (unpaired) electrons. The number of H-pyrrole nitrogens is 1. The molecule has 1 aromatic heterocycles. The minimum Gasteiger partial charge on any atom is -0.480 e. The normalized spacial score (nSPS) is 12.7. The Morgan fingerprint density at radius 2 is 1.72 bits per heavy atom. The van der Waals surface area contributed by atoms with Crippen LogP contribution in [0.15, 0.2) is 59.4 Å². The molecule has 166 valence electrons. The van der Waals surface area contributed by atoms with Gasteiger partial charge < -0.3 is 20.7 Å². The fraction of sp³-hybridized carbons (Fsp3) is 0.217. The quantitative estimate of drug-likeness (QED) is 0.415. The molecule has 0 saturated heterocycles. The van der Waals surface area contributed by atoms with Crippen molar-refractivity contribution in [1.29, 1.82) is 0 Å². The second-order valence-electron chi connectivity index (χ2n) is 7.25. The predicted octanol–water partition coefficient (Wildman–Crippen LogP) is 2.50. The molecule has 8 nitrogen and oxygen atoms in total. The van der Waals surface area contributed by atoms with Gasteiger partial charge in [-0.2, -0.15) is 0 Å². The monoisotopic (exact) mass is 455 g/mol. The molecule has 1 heterocycles. The highest BCUT2D eigenvalue weighted by Crippen LogP contribution is 2.17. The maximum atomic E-state index is 13.0. The van der Waals surface area contributed by atoms with E-state index in [0.717, 1.165) is 5.39 Å². The van der Waals surface area contributed by atoms with Crippen molar-refractivity contribution >= 4 is 40.3 Å². The Labute approximate surface area is 188 Å². The summed E-state index contributed by atoms with van der Waals surface area (Å²) in [5.74, 6) is -2.37. The molecule has 9 heteroatoms. The fourth-order valence-corrected chi connectivity index (χ4v) is 3.45. The lowest BCUT2D eigenvalue weighted by Crippen LogP contribution is -2.52. The number of aliphatic carboxylic acids is 1. The summed E-state index contributed by atoms with van der Waals surface area (Å²) in [7, 11) is 0. The number of hydrogen-bond donors (Lipinski definition) is 4. The zero-order chi connectivity index (χ0) is 23.3. The molecule has 2 amide bonds. The van der Waals surface area contributed by atoms with Gasteiger partial charge in [-0.15, -0.1) is 0 Å². The molecular weight excluding hydrogens is 434 g/mol. The van der Waals surface area contributed by atoms with Crippen molar-refractivity contribution in [2.24, 2.45) is 0 Å². The number of aromatic amines is 1. The van der Waals surface area contributed by atoms with Gasteiger partial charge in [0.15, 0.2) is 0 Å². The number of carboxylic acids is 1. The van der Waals surface area contributed by atoms with Gasteiger partial charge in [0.05, 0.1) is 0 Å². The third-order valence-electron chi connectivity index (χ3n) is 5.01. The van der Waals surface area contributed by atoms with Crippen LogP contribution in [0.1, 0.15) is 29.3 Å². The van der Waals surface area contributed by atoms with Gasteiger partial charge in [-0.25, -0.2) is 4.79 Å². The van der Waals surface area contributed by atoms with Crippen LogP contribution >= 0.6 is 11.6 Å². The lowest BCUT2D eigenvalue weighted by atomic mass is 10.00. The minimum absolute atomic E-state index is 0.00828. The number of hydrogen-bond acceptors (Lipinski definition) is 4. The van der Waals surface area contributed by atoms with Crippen LogP contribution in [0.3, 0.4) is 0 Å². The Kier molecular flexibility index (Phi) is 7.27. The molecule has 4 N–H and O–H groups in total. The van der Waals surface area contributed by atoms with Crippen LogP contribution in [0.4, 0.5) is 0 Å². The Morgan fingerprint density at radius 3 is 2.38 bits per heavy atom. The number of rotatable bonds is 8. The van der Waals surface area contributed by atoms with E-state index in [0.29, 0.717) is 16.1 Å². The number of carbonyl (C=O) groups excluding carboxylic acids is 2. The van der Waals surface area contributed by atoms with E-state index >= 15 is 0 Å². The number of benzene rings is 2. The standard InChI is InChI=1S/C23H22ClN3O5/c1-2-17(23(31)32)26-22(30)19(27-21(29)13-7-9-15(24)10-8-13)11-14-12-20(28)25-18-6-4-3-5-16(14)18/h3-10,12,17,19H,2,11H2,1H3,(H,25,28)(H,26,30)(H,27,29)(H,31,32)/t17-,19-/m0/s1. The van der Waals surface area contributed by atoms with E-state index in [1.165, 1.54) is 18.2 Å². The van der Waals surface area contributed by atoms with Crippen molar-refractivity contribution in [2.45, 2.75) is 31.8 Å². The summed E-state index contributed by atoms with van der Waals surface area (Å²) >= 11 is 5.87. The van der Waals surface area contributed by atoms with Gasteiger partial charge in [-0.1, -0.05) is 36.7 Å². The van der Waals surface area contributed by atoms with Crippen molar-refractivity contribution in [2.75, 3.05) is 0 Å². The molecule has 0 saturated carbocycles. The maximum absolute atomic E-state index is 13.0. The molecule has 2 atom stereocenters. The van der Waals surface area contributed by atoms with Crippen molar-refractivity contribution < 1.29 is 19.5 Å². The van der Waals surface area contributed by atoms with Gasteiger partial charge in [-0.3, -0.25) is 14.4 Å². The number of fused-ring (bicyclic) bond motifs is 1. The molecular formula is C23H22ClN3O5. The Hall–Kier alpha value is -3.65. The second kappa shape index (κ2) is 10.1. The largest absolute Gasteiger partial charge is 0.480 e. The summed E-state index contributed by atoms with van der Waals surface area (Å²) in [6.45, 7) is 1.63. The molecule has 0 aliphatic heterocycles. The first-order valence-corrected chi connectivity index (χ1v) is 10.4. The number of aromatic nitrogens is 1. The van der Waals surface area contributed by atoms with Gasteiger partial charge in [0.25, 0.3) is 5.91 Å². The predicted molar refractivity (Wildman–Crippen MR) is 121 cm³/mol. The first-order chi connectivity index (χ1) is 15.3. The maximum Gasteiger partial charge on any atom is 0.326 e. The number of carboxylic acid groups (broad SMARTS) is 1. The van der Waals surface area contributed by atoms with Crippen LogP contribution in [0.25, 0.3) is 10.9 Å². The highest BCUT2D eigenvalue weighted by atomic mass is 35.5. The summed E-state index contributed by atoms with van der Waals surface area (Å²) in [6, 6.07) is 12.4. The summed E-state index contributed by atoms with van der Waals surface area (Å²) in [5, 5.41) is 15.6. The molecule has 0 aliphatic carbocycles. The average molecular weight is 456 g/mol. The van der Waals surface area contributed by atoms with Crippen LogP contribution in [0.2, 0.25) is 5.02 Å². The summed E-state index contributed by atoms with van der Waals surface area (Å²) in [4.78, 5) is 51.9. The summed E-state index contributed by atoms with van der Waals surface area (Å²) in [5.41, 5.74) is 1.08. The highest BCUT2D eigenvalue weighted by molar-refractivity contribution is 6.30. The molecule has 0 spiro atoms. The van der Waals surface area contributed by atoms with Crippen molar-refractivity contribution in [3.8, 4) is 0 Å². The van der Waals surface area contributed by atoms with Crippen LogP contribution < -0.4 is 16.2 Å². The van der Waals surface area contributed by atoms with E-state index in [4.69, 9.17) is 11.6 Å². The number of para-hydroxylation sites is 1. The third kappa shape index (κ3) is 5.53. The lowest BCUT2D eigenvalue weighted by molar-refractivity contribution is -0.142. The zero-order valence-corrected chi connectivity index (χ0v) is 18.0. The first kappa shape index (κ1) is 23.0. The Balaban J connectivity index is 1.94. The summed E-state index contributed by atoms with van der Waals surface area (Å²) < 4.78 is 0. The number of pyridine rings is 1. The van der Waals surface area contributed by atoms with Crippen LogP contribution in [0.5, 0.6) is 0 Å². The summed E-state index contributed by atoms with van der Waals surface area (Å²) in [6.07, 6.45) is 0.165.